The second-order valence-corrected chi connectivity index (χ2v) is 5.05. The molecule has 0 atom stereocenters. The van der Waals surface area contributed by atoms with Crippen molar-refractivity contribution >= 4 is 12.0 Å². The zero-order valence-electron chi connectivity index (χ0n) is 10.5. The number of carboxylic acid groups (broad SMARTS) is 1. The molecule has 2 aliphatic rings. The van der Waals surface area contributed by atoms with E-state index in [2.05, 4.69) is 6.58 Å². The van der Waals surface area contributed by atoms with Crippen molar-refractivity contribution in [2.75, 3.05) is 19.6 Å². The van der Waals surface area contributed by atoms with Gasteiger partial charge in [-0.1, -0.05) is 6.08 Å². The van der Waals surface area contributed by atoms with Crippen molar-refractivity contribution in [2.45, 2.75) is 31.7 Å². The summed E-state index contributed by atoms with van der Waals surface area (Å²) in [4.78, 5) is 26.7. The lowest BCUT2D eigenvalue weighted by Gasteiger charge is -2.33. The summed E-state index contributed by atoms with van der Waals surface area (Å²) in [5, 5.41) is 8.95. The summed E-state index contributed by atoms with van der Waals surface area (Å²) in [7, 11) is 0. The third kappa shape index (κ3) is 2.49. The minimum absolute atomic E-state index is 0.0775. The molecular weight excluding hydrogens is 232 g/mol. The van der Waals surface area contributed by atoms with Crippen molar-refractivity contribution in [3.05, 3.63) is 12.7 Å². The first-order valence-corrected chi connectivity index (χ1v) is 6.52. The summed E-state index contributed by atoms with van der Waals surface area (Å²) in [5.41, 5.74) is 0. The molecule has 1 aliphatic carbocycles. The Bertz CT molecular complexity index is 348. The fourth-order valence-electron chi connectivity index (χ4n) is 2.90. The van der Waals surface area contributed by atoms with Gasteiger partial charge in [0.05, 0.1) is 5.92 Å². The van der Waals surface area contributed by atoms with Gasteiger partial charge in [-0.15, -0.1) is 6.58 Å². The second kappa shape index (κ2) is 5.42. The molecule has 0 unspecified atom stereocenters. The third-order valence-electron chi connectivity index (χ3n) is 3.96. The average Bonchev–Trinajstić information content (AvgIpc) is 2.72. The highest BCUT2D eigenvalue weighted by Crippen LogP contribution is 2.29. The molecule has 1 saturated carbocycles. The number of aliphatic carboxylic acids is 1. The standard InChI is InChI=1S/C13H20N2O3/c1-2-7-14-8-9-15(13(14)18)11-5-3-10(4-6-11)12(16)17/h2,10-11H,1,3-9H2,(H,16,17). The quantitative estimate of drug-likeness (QED) is 0.772. The molecule has 0 radical (unpaired) electrons. The van der Waals surface area contributed by atoms with Crippen molar-refractivity contribution in [3.8, 4) is 0 Å². The molecule has 1 aliphatic heterocycles. The molecule has 0 aromatic rings. The summed E-state index contributed by atoms with van der Waals surface area (Å²) in [6.45, 7) is 5.76. The Morgan fingerprint density at radius 2 is 2.00 bits per heavy atom. The van der Waals surface area contributed by atoms with E-state index in [1.165, 1.54) is 0 Å². The predicted molar refractivity (Wildman–Crippen MR) is 67.3 cm³/mol. The monoisotopic (exact) mass is 252 g/mol. The number of nitrogens with zero attached hydrogens (tertiary/aromatic N) is 2. The van der Waals surface area contributed by atoms with Crippen LogP contribution in [0.2, 0.25) is 0 Å². The lowest BCUT2D eigenvalue weighted by atomic mass is 9.85. The Morgan fingerprint density at radius 3 is 2.56 bits per heavy atom. The van der Waals surface area contributed by atoms with Gasteiger partial charge in [-0.2, -0.15) is 0 Å². The molecular formula is C13H20N2O3. The number of amides is 2. The Morgan fingerprint density at radius 1 is 1.33 bits per heavy atom. The third-order valence-corrected chi connectivity index (χ3v) is 3.96. The van der Waals surface area contributed by atoms with E-state index in [-0.39, 0.29) is 18.0 Å². The molecule has 2 rings (SSSR count). The van der Waals surface area contributed by atoms with Crippen molar-refractivity contribution in [3.63, 3.8) is 0 Å². The van der Waals surface area contributed by atoms with Gasteiger partial charge in [0.2, 0.25) is 0 Å². The number of hydrogen-bond donors (Lipinski definition) is 1. The van der Waals surface area contributed by atoms with Crippen LogP contribution in [-0.4, -0.2) is 52.6 Å². The number of hydrogen-bond acceptors (Lipinski definition) is 2. The second-order valence-electron chi connectivity index (χ2n) is 5.05. The summed E-state index contributed by atoms with van der Waals surface area (Å²) < 4.78 is 0. The first-order chi connectivity index (χ1) is 8.63. The molecule has 0 aromatic heterocycles. The maximum atomic E-state index is 12.1. The van der Waals surface area contributed by atoms with Crippen LogP contribution in [-0.2, 0) is 4.79 Å². The van der Waals surface area contributed by atoms with Gasteiger partial charge < -0.3 is 14.9 Å². The normalized spacial score (nSPS) is 28.6. The maximum absolute atomic E-state index is 12.1. The van der Waals surface area contributed by atoms with E-state index in [9.17, 15) is 9.59 Å². The summed E-state index contributed by atoms with van der Waals surface area (Å²) in [6.07, 6.45) is 4.73. The minimum atomic E-state index is -0.700. The van der Waals surface area contributed by atoms with Gasteiger partial charge in [-0.25, -0.2) is 4.79 Å². The van der Waals surface area contributed by atoms with E-state index >= 15 is 0 Å². The summed E-state index contributed by atoms with van der Waals surface area (Å²) in [5.74, 6) is -0.919. The van der Waals surface area contributed by atoms with Crippen LogP contribution in [0.25, 0.3) is 0 Å². The fourth-order valence-corrected chi connectivity index (χ4v) is 2.90. The highest BCUT2D eigenvalue weighted by Gasteiger charge is 2.36. The van der Waals surface area contributed by atoms with E-state index in [1.54, 1.807) is 11.0 Å². The van der Waals surface area contributed by atoms with Crippen LogP contribution < -0.4 is 0 Å². The highest BCUT2D eigenvalue weighted by atomic mass is 16.4. The molecule has 0 bridgehead atoms. The van der Waals surface area contributed by atoms with Crippen LogP contribution >= 0.6 is 0 Å². The van der Waals surface area contributed by atoms with Crippen LogP contribution in [0.1, 0.15) is 25.7 Å². The molecule has 5 nitrogen and oxygen atoms in total. The Balaban J connectivity index is 1.89. The summed E-state index contributed by atoms with van der Waals surface area (Å²) in [6, 6.07) is 0.302. The largest absolute Gasteiger partial charge is 0.481 e. The van der Waals surface area contributed by atoms with Gasteiger partial charge in [0.25, 0.3) is 0 Å². The molecule has 0 aromatic carbocycles. The lowest BCUT2D eigenvalue weighted by molar-refractivity contribution is -0.143. The zero-order valence-corrected chi connectivity index (χ0v) is 10.5. The predicted octanol–water partition coefficient (Wildman–Crippen LogP) is 1.55. The van der Waals surface area contributed by atoms with E-state index in [1.807, 2.05) is 4.90 Å². The van der Waals surface area contributed by atoms with Gasteiger partial charge >= 0.3 is 12.0 Å². The maximum Gasteiger partial charge on any atom is 0.320 e. The topological polar surface area (TPSA) is 60.9 Å². The molecule has 2 amide bonds. The molecule has 1 N–H and O–H groups in total. The van der Waals surface area contributed by atoms with Crippen LogP contribution in [0.4, 0.5) is 4.79 Å². The number of carbonyl (C=O) groups excluding carboxylic acids is 1. The fraction of sp³-hybridized carbons (Fsp3) is 0.692. The number of carbonyl (C=O) groups is 2. The van der Waals surface area contributed by atoms with Gasteiger partial charge in [0, 0.05) is 25.7 Å². The minimum Gasteiger partial charge on any atom is -0.481 e. The highest BCUT2D eigenvalue weighted by molar-refractivity contribution is 5.77. The van der Waals surface area contributed by atoms with Crippen molar-refractivity contribution in [1.29, 1.82) is 0 Å². The number of carboxylic acids is 1. The molecule has 1 saturated heterocycles. The SMILES string of the molecule is C=CCN1CCN(C2CCC(C(=O)O)CC2)C1=O. The molecule has 1 heterocycles. The molecule has 0 spiro atoms. The van der Waals surface area contributed by atoms with E-state index in [0.29, 0.717) is 19.4 Å². The van der Waals surface area contributed by atoms with E-state index in [4.69, 9.17) is 5.11 Å². The van der Waals surface area contributed by atoms with Crippen LogP contribution in [0.5, 0.6) is 0 Å². The van der Waals surface area contributed by atoms with Gasteiger partial charge in [-0.3, -0.25) is 4.79 Å². The van der Waals surface area contributed by atoms with Crippen LogP contribution in [0.15, 0.2) is 12.7 Å². The molecule has 5 heteroatoms. The number of urea groups is 1. The number of rotatable bonds is 4. The lowest BCUT2D eigenvalue weighted by Crippen LogP contribution is -2.42. The van der Waals surface area contributed by atoms with Crippen LogP contribution in [0, 0.1) is 5.92 Å². The molecule has 100 valence electrons. The first kappa shape index (κ1) is 12.9. The van der Waals surface area contributed by atoms with Crippen molar-refractivity contribution in [1.82, 2.24) is 9.80 Å². The van der Waals surface area contributed by atoms with Gasteiger partial charge in [0.15, 0.2) is 0 Å². The molecule has 2 fully saturated rings. The van der Waals surface area contributed by atoms with Gasteiger partial charge in [-0.05, 0) is 25.7 Å². The molecule has 18 heavy (non-hydrogen) atoms. The zero-order chi connectivity index (χ0) is 13.1. The van der Waals surface area contributed by atoms with Gasteiger partial charge in [0.1, 0.15) is 0 Å². The Labute approximate surface area is 107 Å². The first-order valence-electron chi connectivity index (χ1n) is 6.52. The van der Waals surface area contributed by atoms with E-state index < -0.39 is 5.97 Å². The summed E-state index contributed by atoms with van der Waals surface area (Å²) >= 11 is 0. The van der Waals surface area contributed by atoms with Crippen molar-refractivity contribution < 1.29 is 14.7 Å². The Hall–Kier alpha value is -1.52. The average molecular weight is 252 g/mol. The van der Waals surface area contributed by atoms with Crippen molar-refractivity contribution in [2.24, 2.45) is 5.92 Å². The van der Waals surface area contributed by atoms with E-state index in [0.717, 1.165) is 25.9 Å². The smallest absolute Gasteiger partial charge is 0.320 e. The van der Waals surface area contributed by atoms with Crippen LogP contribution in [0.3, 0.4) is 0 Å². The Kier molecular flexibility index (Phi) is 3.89.